The molecular formula is C31H34N2O6. The van der Waals surface area contributed by atoms with Crippen LogP contribution < -0.4 is 15.8 Å². The molecule has 0 spiro atoms. The minimum atomic E-state index is -0.497. The summed E-state index contributed by atoms with van der Waals surface area (Å²) < 4.78 is 22.4. The molecule has 0 aliphatic carbocycles. The van der Waals surface area contributed by atoms with Gasteiger partial charge in [0.15, 0.2) is 0 Å². The van der Waals surface area contributed by atoms with Crippen LogP contribution in [-0.4, -0.2) is 24.8 Å². The first-order valence-corrected chi connectivity index (χ1v) is 13.0. The second-order valence-electron chi connectivity index (χ2n) is 9.41. The molecule has 204 valence electrons. The van der Waals surface area contributed by atoms with Gasteiger partial charge < -0.3 is 29.7 Å². The lowest BCUT2D eigenvalue weighted by atomic mass is 9.99. The van der Waals surface area contributed by atoms with Crippen molar-refractivity contribution < 1.29 is 28.2 Å². The van der Waals surface area contributed by atoms with E-state index in [0.29, 0.717) is 24.5 Å². The summed E-state index contributed by atoms with van der Waals surface area (Å²) in [7, 11) is 0. The molecule has 8 heteroatoms. The molecule has 0 radical (unpaired) electrons. The highest BCUT2D eigenvalue weighted by molar-refractivity contribution is 5.93. The van der Waals surface area contributed by atoms with Crippen molar-refractivity contribution in [1.29, 1.82) is 0 Å². The lowest BCUT2D eigenvalue weighted by Crippen LogP contribution is -2.26. The molecule has 3 aromatic carbocycles. The van der Waals surface area contributed by atoms with E-state index >= 15 is 0 Å². The van der Waals surface area contributed by atoms with Crippen molar-refractivity contribution in [3.05, 3.63) is 89.2 Å². The van der Waals surface area contributed by atoms with Crippen LogP contribution >= 0.6 is 0 Å². The predicted octanol–water partition coefficient (Wildman–Crippen LogP) is 5.88. The fourth-order valence-corrected chi connectivity index (χ4v) is 4.26. The summed E-state index contributed by atoms with van der Waals surface area (Å²) in [6.07, 6.45) is 1.03. The quantitative estimate of drug-likeness (QED) is 0.233. The van der Waals surface area contributed by atoms with E-state index in [1.165, 1.54) is 0 Å². The Hall–Kier alpha value is -4.30. The van der Waals surface area contributed by atoms with Gasteiger partial charge >= 0.3 is 12.1 Å². The molecule has 0 aliphatic heterocycles. The minimum Gasteiger partial charge on any atom is -0.489 e. The summed E-state index contributed by atoms with van der Waals surface area (Å²) >= 11 is 0. The van der Waals surface area contributed by atoms with Crippen LogP contribution in [0.4, 0.5) is 4.79 Å². The first-order valence-electron chi connectivity index (χ1n) is 13.0. The number of benzene rings is 3. The maximum Gasteiger partial charge on any atom is 0.407 e. The zero-order valence-electron chi connectivity index (χ0n) is 22.5. The van der Waals surface area contributed by atoms with Crippen LogP contribution in [-0.2, 0) is 40.4 Å². The maximum atomic E-state index is 12.2. The van der Waals surface area contributed by atoms with Crippen molar-refractivity contribution in [2.75, 3.05) is 6.61 Å². The van der Waals surface area contributed by atoms with Crippen LogP contribution in [0, 0.1) is 0 Å². The molecule has 0 bridgehead atoms. The number of hydrogen-bond donors (Lipinski definition) is 2. The number of alkyl carbamates (subject to hydrolysis) is 1. The van der Waals surface area contributed by atoms with Crippen molar-refractivity contribution >= 4 is 23.0 Å². The molecule has 3 N–H and O–H groups in total. The predicted molar refractivity (Wildman–Crippen MR) is 149 cm³/mol. The Morgan fingerprint density at radius 3 is 2.62 bits per heavy atom. The summed E-state index contributed by atoms with van der Waals surface area (Å²) in [6, 6.07) is 19.5. The van der Waals surface area contributed by atoms with E-state index in [1.807, 2.05) is 54.6 Å². The average molecular weight is 531 g/mol. The summed E-state index contributed by atoms with van der Waals surface area (Å²) in [5, 5.41) is 3.69. The molecule has 0 fully saturated rings. The van der Waals surface area contributed by atoms with Gasteiger partial charge in [-0.25, -0.2) is 4.79 Å². The summed E-state index contributed by atoms with van der Waals surface area (Å²) in [6.45, 7) is 6.60. The standard InChI is InChI=1S/C31H34N2O6/c1-4-36-29(34)16-25-9-8-22(18-33-31(35)39-20(2)3)15-28(25)38-19-23-13-26-10-11-37-30(26)27(14-23)24-7-5-6-21(12-24)17-32/h5-15,20H,4,16-19,32H2,1-3H3,(H,33,35). The van der Waals surface area contributed by atoms with Crippen LogP contribution in [0.5, 0.6) is 5.75 Å². The number of amides is 1. The number of nitrogens with two attached hydrogens (primary N) is 1. The van der Waals surface area contributed by atoms with Crippen molar-refractivity contribution in [3.63, 3.8) is 0 Å². The van der Waals surface area contributed by atoms with Gasteiger partial charge in [0.25, 0.3) is 0 Å². The number of rotatable bonds is 11. The lowest BCUT2D eigenvalue weighted by molar-refractivity contribution is -0.142. The molecule has 0 atom stereocenters. The maximum absolute atomic E-state index is 12.2. The van der Waals surface area contributed by atoms with Crippen LogP contribution in [0.1, 0.15) is 43.0 Å². The number of carbonyl (C=O) groups excluding carboxylic acids is 2. The van der Waals surface area contributed by atoms with Crippen LogP contribution in [0.2, 0.25) is 0 Å². The van der Waals surface area contributed by atoms with Crippen molar-refractivity contribution in [2.24, 2.45) is 5.73 Å². The highest BCUT2D eigenvalue weighted by Crippen LogP contribution is 2.32. The molecule has 39 heavy (non-hydrogen) atoms. The number of fused-ring (bicyclic) bond motifs is 1. The van der Waals surface area contributed by atoms with Gasteiger partial charge in [0.1, 0.15) is 17.9 Å². The van der Waals surface area contributed by atoms with Gasteiger partial charge in [-0.15, -0.1) is 0 Å². The van der Waals surface area contributed by atoms with Crippen LogP contribution in [0.3, 0.4) is 0 Å². The van der Waals surface area contributed by atoms with Crippen molar-refractivity contribution in [1.82, 2.24) is 5.32 Å². The molecule has 1 amide bonds. The van der Waals surface area contributed by atoms with Crippen molar-refractivity contribution in [2.45, 2.75) is 53.0 Å². The van der Waals surface area contributed by atoms with Gasteiger partial charge in [-0.1, -0.05) is 30.3 Å². The second-order valence-corrected chi connectivity index (χ2v) is 9.41. The number of carbonyl (C=O) groups is 2. The Kier molecular flexibility index (Phi) is 9.22. The van der Waals surface area contributed by atoms with E-state index < -0.39 is 6.09 Å². The van der Waals surface area contributed by atoms with Crippen molar-refractivity contribution in [3.8, 4) is 16.9 Å². The largest absolute Gasteiger partial charge is 0.489 e. The molecule has 1 heterocycles. The van der Waals surface area contributed by atoms with E-state index in [4.69, 9.17) is 24.4 Å². The van der Waals surface area contributed by atoms with E-state index in [9.17, 15) is 9.59 Å². The lowest BCUT2D eigenvalue weighted by Gasteiger charge is -2.15. The van der Waals surface area contributed by atoms with Crippen LogP contribution in [0.15, 0.2) is 71.3 Å². The first kappa shape index (κ1) is 27.7. The molecule has 4 rings (SSSR count). The third-order valence-corrected chi connectivity index (χ3v) is 6.03. The first-order chi connectivity index (χ1) is 18.9. The van der Waals surface area contributed by atoms with Crippen LogP contribution in [0.25, 0.3) is 22.1 Å². The third kappa shape index (κ3) is 7.39. The molecule has 0 aliphatic rings. The molecule has 0 unspecified atom stereocenters. The SMILES string of the molecule is CCOC(=O)Cc1ccc(CNC(=O)OC(C)C)cc1OCc1cc(-c2cccc(CN)c2)c2occc2c1. The normalized spacial score (nSPS) is 11.0. The highest BCUT2D eigenvalue weighted by Gasteiger charge is 2.15. The van der Waals surface area contributed by atoms with E-state index in [-0.39, 0.29) is 31.6 Å². The number of furan rings is 1. The Balaban J connectivity index is 1.59. The molecule has 0 saturated carbocycles. The number of ether oxygens (including phenoxy) is 3. The summed E-state index contributed by atoms with van der Waals surface area (Å²) in [5.41, 5.74) is 12.1. The monoisotopic (exact) mass is 530 g/mol. The Labute approximate surface area is 228 Å². The number of esters is 1. The zero-order chi connectivity index (χ0) is 27.8. The molecule has 0 saturated heterocycles. The second kappa shape index (κ2) is 13.0. The van der Waals surface area contributed by atoms with Gasteiger partial charge in [0, 0.05) is 29.6 Å². The Morgan fingerprint density at radius 1 is 1.00 bits per heavy atom. The van der Waals surface area contributed by atoms with E-state index in [1.54, 1.807) is 27.0 Å². The fraction of sp³-hybridized carbons (Fsp3) is 0.290. The number of nitrogens with one attached hydrogen (secondary N) is 1. The molecular weight excluding hydrogens is 496 g/mol. The number of hydrogen-bond acceptors (Lipinski definition) is 7. The summed E-state index contributed by atoms with van der Waals surface area (Å²) in [4.78, 5) is 24.2. The van der Waals surface area contributed by atoms with Gasteiger partial charge in [0.2, 0.25) is 0 Å². The summed E-state index contributed by atoms with van der Waals surface area (Å²) in [5.74, 6) is 0.203. The van der Waals surface area contributed by atoms with Gasteiger partial charge in [-0.05, 0) is 73.4 Å². The fourth-order valence-electron chi connectivity index (χ4n) is 4.26. The van der Waals surface area contributed by atoms with Gasteiger partial charge in [-0.3, -0.25) is 4.79 Å². The average Bonchev–Trinajstić information content (AvgIpc) is 3.40. The van der Waals surface area contributed by atoms with E-state index in [2.05, 4.69) is 11.4 Å². The Bertz CT molecular complexity index is 1440. The Morgan fingerprint density at radius 2 is 1.85 bits per heavy atom. The van der Waals surface area contributed by atoms with Gasteiger partial charge in [-0.2, -0.15) is 0 Å². The smallest absolute Gasteiger partial charge is 0.407 e. The molecule has 1 aromatic heterocycles. The van der Waals surface area contributed by atoms with Gasteiger partial charge in [0.05, 0.1) is 25.4 Å². The molecule has 8 nitrogen and oxygen atoms in total. The topological polar surface area (TPSA) is 113 Å². The minimum absolute atomic E-state index is 0.0736. The van der Waals surface area contributed by atoms with E-state index in [0.717, 1.165) is 38.8 Å². The highest BCUT2D eigenvalue weighted by atomic mass is 16.6. The zero-order valence-corrected chi connectivity index (χ0v) is 22.5. The third-order valence-electron chi connectivity index (χ3n) is 6.03. The molecule has 4 aromatic rings.